The van der Waals surface area contributed by atoms with Crippen LogP contribution in [-0.2, 0) is 4.79 Å². The largest absolute Gasteiger partial charge is 0.480 e. The number of carbonyl (C=O) groups excluding carboxylic acids is 1. The molecule has 0 aliphatic carbocycles. The van der Waals surface area contributed by atoms with Crippen molar-refractivity contribution in [3.05, 3.63) is 46.5 Å². The lowest BCUT2D eigenvalue weighted by molar-refractivity contribution is -0.140. The van der Waals surface area contributed by atoms with E-state index >= 15 is 0 Å². The van der Waals surface area contributed by atoms with E-state index in [1.54, 1.807) is 18.2 Å². The Bertz CT molecular complexity index is 724. The summed E-state index contributed by atoms with van der Waals surface area (Å²) in [5, 5.41) is 19.6. The summed E-state index contributed by atoms with van der Waals surface area (Å²) in [6, 6.07) is 3.41. The fourth-order valence-electron chi connectivity index (χ4n) is 1.60. The second-order valence-corrected chi connectivity index (χ2v) is 3.95. The number of pyridine rings is 1. The molecule has 0 spiro atoms. The first-order valence-corrected chi connectivity index (χ1v) is 5.65. The Kier molecular flexibility index (Phi) is 3.76. The maximum absolute atomic E-state index is 12.1. The molecular weight excluding hydrogens is 266 g/mol. The van der Waals surface area contributed by atoms with Gasteiger partial charge in [0.25, 0.3) is 11.5 Å². The van der Waals surface area contributed by atoms with Crippen molar-refractivity contribution in [3.63, 3.8) is 0 Å². The topological polar surface area (TPSA) is 121 Å². The van der Waals surface area contributed by atoms with Crippen LogP contribution in [0.25, 0.3) is 5.65 Å². The number of hydrogen-bond donors (Lipinski definition) is 3. The first-order chi connectivity index (χ1) is 9.54. The quantitative estimate of drug-likeness (QED) is 0.650. The number of carboxylic acid groups (broad SMARTS) is 1. The van der Waals surface area contributed by atoms with Crippen LogP contribution in [-0.4, -0.2) is 44.1 Å². The van der Waals surface area contributed by atoms with Crippen molar-refractivity contribution >= 4 is 17.5 Å². The van der Waals surface area contributed by atoms with Crippen LogP contribution in [0.2, 0.25) is 0 Å². The highest BCUT2D eigenvalue weighted by molar-refractivity contribution is 5.96. The van der Waals surface area contributed by atoms with E-state index < -0.39 is 30.1 Å². The summed E-state index contributed by atoms with van der Waals surface area (Å²) in [5.41, 5.74) is -0.547. The molecule has 0 aromatic carbocycles. The average molecular weight is 277 g/mol. The van der Waals surface area contributed by atoms with E-state index in [0.717, 1.165) is 6.20 Å². The smallest absolute Gasteiger partial charge is 0.328 e. The molecule has 0 saturated heterocycles. The Morgan fingerprint density at radius 2 is 2.15 bits per heavy atom. The van der Waals surface area contributed by atoms with Gasteiger partial charge in [-0.15, -0.1) is 0 Å². The van der Waals surface area contributed by atoms with Crippen molar-refractivity contribution in [3.8, 4) is 0 Å². The van der Waals surface area contributed by atoms with Crippen LogP contribution in [0, 0.1) is 0 Å². The molecule has 3 N–H and O–H groups in total. The maximum atomic E-state index is 12.1. The molecule has 2 aromatic heterocycles. The third kappa shape index (κ3) is 2.50. The second-order valence-electron chi connectivity index (χ2n) is 3.95. The van der Waals surface area contributed by atoms with Gasteiger partial charge in [0.2, 0.25) is 0 Å². The van der Waals surface area contributed by atoms with Crippen molar-refractivity contribution in [1.29, 1.82) is 0 Å². The van der Waals surface area contributed by atoms with Crippen LogP contribution in [0.5, 0.6) is 0 Å². The number of hydrogen-bond acceptors (Lipinski definition) is 5. The molecule has 1 amide bonds. The van der Waals surface area contributed by atoms with Gasteiger partial charge < -0.3 is 15.5 Å². The molecule has 2 rings (SSSR count). The van der Waals surface area contributed by atoms with Crippen LogP contribution in [0.3, 0.4) is 0 Å². The first-order valence-electron chi connectivity index (χ1n) is 5.65. The lowest BCUT2D eigenvalue weighted by Crippen LogP contribution is -2.45. The standard InChI is InChI=1S/C12H11N3O5/c16-6-8(12(19)20)14-10(17)7-5-13-9-3-1-2-4-15(9)11(7)18/h1-5,8,16H,6H2,(H,14,17)(H,19,20)/t8-/m1/s1. The minimum absolute atomic E-state index is 0.298. The van der Waals surface area contributed by atoms with Gasteiger partial charge >= 0.3 is 5.97 Å². The van der Waals surface area contributed by atoms with Gasteiger partial charge in [-0.3, -0.25) is 14.0 Å². The molecule has 0 aliphatic heterocycles. The summed E-state index contributed by atoms with van der Waals surface area (Å²) < 4.78 is 1.17. The molecule has 8 nitrogen and oxygen atoms in total. The van der Waals surface area contributed by atoms with E-state index in [0.29, 0.717) is 5.65 Å². The first kappa shape index (κ1) is 13.7. The van der Waals surface area contributed by atoms with E-state index in [9.17, 15) is 14.4 Å². The van der Waals surface area contributed by atoms with Gasteiger partial charge in [-0.1, -0.05) is 6.07 Å². The minimum Gasteiger partial charge on any atom is -0.480 e. The van der Waals surface area contributed by atoms with E-state index in [4.69, 9.17) is 10.2 Å². The summed E-state index contributed by atoms with van der Waals surface area (Å²) in [7, 11) is 0. The Hall–Kier alpha value is -2.74. The highest BCUT2D eigenvalue weighted by Crippen LogP contribution is 1.98. The number of aliphatic hydroxyl groups is 1. The molecule has 0 bridgehead atoms. The summed E-state index contributed by atoms with van der Waals surface area (Å²) in [4.78, 5) is 38.6. The lowest BCUT2D eigenvalue weighted by Gasteiger charge is -2.11. The predicted octanol–water partition coefficient (Wildman–Crippen LogP) is -1.13. The molecular formula is C12H11N3O5. The number of nitrogens with zero attached hydrogens (tertiary/aromatic N) is 2. The van der Waals surface area contributed by atoms with Gasteiger partial charge in [-0.25, -0.2) is 9.78 Å². The number of aromatic nitrogens is 2. The van der Waals surface area contributed by atoms with Crippen LogP contribution in [0.4, 0.5) is 0 Å². The van der Waals surface area contributed by atoms with Crippen LogP contribution >= 0.6 is 0 Å². The number of nitrogens with one attached hydrogen (secondary N) is 1. The van der Waals surface area contributed by atoms with Crippen molar-refractivity contribution in [2.45, 2.75) is 6.04 Å². The van der Waals surface area contributed by atoms with Gasteiger partial charge in [-0.2, -0.15) is 0 Å². The fraction of sp³-hybridized carbons (Fsp3) is 0.167. The third-order valence-electron chi connectivity index (χ3n) is 2.64. The molecule has 0 radical (unpaired) electrons. The zero-order valence-electron chi connectivity index (χ0n) is 10.2. The number of aliphatic hydroxyl groups excluding tert-OH is 1. The number of carbonyl (C=O) groups is 2. The van der Waals surface area contributed by atoms with E-state index in [2.05, 4.69) is 4.98 Å². The Labute approximate surface area is 112 Å². The number of amides is 1. The predicted molar refractivity (Wildman–Crippen MR) is 67.4 cm³/mol. The average Bonchev–Trinajstić information content (AvgIpc) is 2.44. The molecule has 1 atom stereocenters. The molecule has 20 heavy (non-hydrogen) atoms. The summed E-state index contributed by atoms with van der Waals surface area (Å²) >= 11 is 0. The molecule has 0 aliphatic rings. The van der Waals surface area contributed by atoms with Gasteiger partial charge in [0.1, 0.15) is 11.2 Å². The maximum Gasteiger partial charge on any atom is 0.328 e. The SMILES string of the molecule is O=C(N[C@H](CO)C(=O)O)c1cnc2ccccn2c1=O. The molecule has 0 unspecified atom stereocenters. The van der Waals surface area contributed by atoms with Gasteiger partial charge in [0.05, 0.1) is 6.61 Å². The van der Waals surface area contributed by atoms with Crippen LogP contribution in [0.15, 0.2) is 35.4 Å². The normalized spacial score (nSPS) is 12.1. The Morgan fingerprint density at radius 3 is 2.80 bits per heavy atom. The number of rotatable bonds is 4. The van der Waals surface area contributed by atoms with Crippen LogP contribution < -0.4 is 10.9 Å². The Balaban J connectivity index is 2.38. The Morgan fingerprint density at radius 1 is 1.40 bits per heavy atom. The second kappa shape index (κ2) is 5.49. The summed E-state index contributed by atoms with van der Waals surface area (Å²) in [5.74, 6) is -2.29. The number of aliphatic carboxylic acids is 1. The number of fused-ring (bicyclic) bond motifs is 1. The van der Waals surface area contributed by atoms with E-state index in [1.165, 1.54) is 10.6 Å². The van der Waals surface area contributed by atoms with Gasteiger partial charge in [0.15, 0.2) is 6.04 Å². The molecule has 2 heterocycles. The highest BCUT2D eigenvalue weighted by atomic mass is 16.4. The number of carboxylic acids is 1. The fourth-order valence-corrected chi connectivity index (χ4v) is 1.60. The third-order valence-corrected chi connectivity index (χ3v) is 2.64. The monoisotopic (exact) mass is 277 g/mol. The van der Waals surface area contributed by atoms with Crippen molar-refractivity contribution in [1.82, 2.24) is 14.7 Å². The van der Waals surface area contributed by atoms with Crippen molar-refractivity contribution in [2.75, 3.05) is 6.61 Å². The van der Waals surface area contributed by atoms with Crippen LogP contribution in [0.1, 0.15) is 10.4 Å². The molecule has 104 valence electrons. The molecule has 2 aromatic rings. The molecule has 0 saturated carbocycles. The minimum atomic E-state index is -1.47. The molecule has 8 heteroatoms. The zero-order chi connectivity index (χ0) is 14.7. The van der Waals surface area contributed by atoms with Crippen molar-refractivity contribution in [2.24, 2.45) is 0 Å². The van der Waals surface area contributed by atoms with Crippen molar-refractivity contribution < 1.29 is 19.8 Å². The summed E-state index contributed by atoms with van der Waals surface area (Å²) in [6.07, 6.45) is 2.52. The lowest BCUT2D eigenvalue weighted by atomic mass is 10.2. The summed E-state index contributed by atoms with van der Waals surface area (Å²) in [6.45, 7) is -0.774. The van der Waals surface area contributed by atoms with E-state index in [1.807, 2.05) is 5.32 Å². The molecule has 0 fully saturated rings. The van der Waals surface area contributed by atoms with E-state index in [-0.39, 0.29) is 5.56 Å². The highest BCUT2D eigenvalue weighted by Gasteiger charge is 2.21. The zero-order valence-corrected chi connectivity index (χ0v) is 10.2. The van der Waals surface area contributed by atoms with Gasteiger partial charge in [-0.05, 0) is 12.1 Å². The van der Waals surface area contributed by atoms with Gasteiger partial charge in [0, 0.05) is 12.4 Å².